The van der Waals surface area contributed by atoms with E-state index in [0.29, 0.717) is 12.1 Å². The third kappa shape index (κ3) is 1.69. The number of aryl methyl sites for hydroxylation is 1. The van der Waals surface area contributed by atoms with Crippen LogP contribution in [0, 0.1) is 11.7 Å². The number of imidazole rings is 1. The van der Waals surface area contributed by atoms with Gasteiger partial charge in [-0.3, -0.25) is 0 Å². The van der Waals surface area contributed by atoms with Crippen LogP contribution in [0.2, 0.25) is 0 Å². The minimum Gasteiger partial charge on any atom is -0.376 e. The monoisotopic (exact) mass is 198 g/mol. The highest BCUT2D eigenvalue weighted by Gasteiger charge is 2.23. The molecule has 0 saturated carbocycles. The second-order valence-corrected chi connectivity index (χ2v) is 4.07. The first-order valence-corrected chi connectivity index (χ1v) is 4.97. The molecule has 1 aliphatic heterocycles. The Morgan fingerprint density at radius 2 is 2.46 bits per heavy atom. The van der Waals surface area contributed by atoms with E-state index in [1.54, 1.807) is 0 Å². The summed E-state index contributed by atoms with van der Waals surface area (Å²) in [5.74, 6) is 0. The fraction of sp³-hybridized carbons (Fsp3) is 0.667. The zero-order valence-electron chi connectivity index (χ0n) is 7.91. The molecule has 0 aromatic carbocycles. The number of hydrogen-bond acceptors (Lipinski definition) is 2. The minimum absolute atomic E-state index is 0.363. The van der Waals surface area contributed by atoms with Crippen LogP contribution in [0.4, 0.5) is 0 Å². The van der Waals surface area contributed by atoms with Crippen LogP contribution in [-0.2, 0) is 4.74 Å². The van der Waals surface area contributed by atoms with Crippen molar-refractivity contribution in [3.05, 3.63) is 16.7 Å². The third-order valence-corrected chi connectivity index (χ3v) is 2.75. The topological polar surface area (TPSA) is 29.9 Å². The van der Waals surface area contributed by atoms with Gasteiger partial charge in [0.15, 0.2) is 4.77 Å². The summed E-state index contributed by atoms with van der Waals surface area (Å²) in [4.78, 5) is 3.12. The van der Waals surface area contributed by atoms with Crippen molar-refractivity contribution >= 4 is 12.2 Å². The van der Waals surface area contributed by atoms with Gasteiger partial charge in [-0.25, -0.2) is 0 Å². The summed E-state index contributed by atoms with van der Waals surface area (Å²) >= 11 is 5.20. The van der Waals surface area contributed by atoms with Crippen molar-refractivity contribution in [2.24, 2.45) is 0 Å². The fourth-order valence-electron chi connectivity index (χ4n) is 1.79. The highest BCUT2D eigenvalue weighted by molar-refractivity contribution is 7.71. The van der Waals surface area contributed by atoms with E-state index >= 15 is 0 Å². The van der Waals surface area contributed by atoms with Gasteiger partial charge in [0.1, 0.15) is 0 Å². The molecule has 0 radical (unpaired) electrons. The number of hydrogen-bond donors (Lipinski definition) is 1. The van der Waals surface area contributed by atoms with E-state index in [2.05, 4.69) is 22.7 Å². The zero-order chi connectivity index (χ0) is 9.42. The van der Waals surface area contributed by atoms with Crippen LogP contribution in [-0.4, -0.2) is 22.3 Å². The van der Waals surface area contributed by atoms with Crippen LogP contribution in [0.1, 0.15) is 25.1 Å². The summed E-state index contributed by atoms with van der Waals surface area (Å²) < 4.78 is 8.41. The average molecular weight is 198 g/mol. The van der Waals surface area contributed by atoms with Gasteiger partial charge in [-0.05, 0) is 32.5 Å². The SMILES string of the molecule is Cc1cn(C2COC(C)C2)c(=S)[nH]1. The molecule has 1 N–H and O–H groups in total. The first-order chi connectivity index (χ1) is 6.16. The number of aromatic amines is 1. The summed E-state index contributed by atoms with van der Waals surface area (Å²) in [6, 6.07) is 0.424. The van der Waals surface area contributed by atoms with Gasteiger partial charge in [0.2, 0.25) is 0 Å². The normalized spacial score (nSPS) is 28.2. The predicted molar refractivity (Wildman–Crippen MR) is 53.4 cm³/mol. The van der Waals surface area contributed by atoms with Crippen molar-refractivity contribution in [1.82, 2.24) is 9.55 Å². The summed E-state index contributed by atoms with van der Waals surface area (Å²) in [6.07, 6.45) is 3.49. The molecular weight excluding hydrogens is 184 g/mol. The van der Waals surface area contributed by atoms with Crippen molar-refractivity contribution in [3.8, 4) is 0 Å². The maximum absolute atomic E-state index is 5.50. The lowest BCUT2D eigenvalue weighted by Gasteiger charge is -2.08. The maximum atomic E-state index is 5.50. The Bertz CT molecular complexity index is 355. The Balaban J connectivity index is 2.26. The highest BCUT2D eigenvalue weighted by Crippen LogP contribution is 2.24. The Morgan fingerprint density at radius 1 is 1.69 bits per heavy atom. The molecular formula is C9H14N2OS. The molecule has 0 amide bonds. The van der Waals surface area contributed by atoms with Gasteiger partial charge in [0, 0.05) is 11.9 Å². The zero-order valence-corrected chi connectivity index (χ0v) is 8.73. The van der Waals surface area contributed by atoms with Crippen LogP contribution in [0.15, 0.2) is 6.20 Å². The standard InChI is InChI=1S/C9H14N2OS/c1-6-4-11(9(13)10-6)8-3-7(2)12-5-8/h4,7-8H,3,5H2,1-2H3,(H,10,13). The molecule has 2 unspecified atom stereocenters. The van der Waals surface area contributed by atoms with Crippen LogP contribution >= 0.6 is 12.2 Å². The van der Waals surface area contributed by atoms with Gasteiger partial charge in [-0.15, -0.1) is 0 Å². The van der Waals surface area contributed by atoms with Crippen LogP contribution in [0.25, 0.3) is 0 Å². The van der Waals surface area contributed by atoms with Gasteiger partial charge in [-0.2, -0.15) is 0 Å². The lowest BCUT2D eigenvalue weighted by Crippen LogP contribution is -2.07. The molecule has 2 atom stereocenters. The molecule has 0 spiro atoms. The van der Waals surface area contributed by atoms with Crippen molar-refractivity contribution in [2.75, 3.05) is 6.61 Å². The van der Waals surface area contributed by atoms with Crippen LogP contribution in [0.5, 0.6) is 0 Å². The molecule has 3 nitrogen and oxygen atoms in total. The second-order valence-electron chi connectivity index (χ2n) is 3.68. The molecule has 0 bridgehead atoms. The van der Waals surface area contributed by atoms with Gasteiger partial charge in [-0.1, -0.05) is 0 Å². The fourth-order valence-corrected chi connectivity index (χ4v) is 2.16. The predicted octanol–water partition coefficient (Wildman–Crippen LogP) is 2.20. The van der Waals surface area contributed by atoms with Crippen LogP contribution in [0.3, 0.4) is 0 Å². The first-order valence-electron chi connectivity index (χ1n) is 4.56. The Morgan fingerprint density at radius 3 is 2.92 bits per heavy atom. The number of H-pyrrole nitrogens is 1. The van der Waals surface area contributed by atoms with Crippen molar-refractivity contribution in [1.29, 1.82) is 0 Å². The Kier molecular flexibility index (Phi) is 2.26. The number of ether oxygens (including phenoxy) is 1. The van der Waals surface area contributed by atoms with Gasteiger partial charge >= 0.3 is 0 Å². The molecule has 0 aliphatic carbocycles. The lowest BCUT2D eigenvalue weighted by atomic mass is 10.2. The van der Waals surface area contributed by atoms with E-state index in [9.17, 15) is 0 Å². The Hall–Kier alpha value is -0.610. The van der Waals surface area contributed by atoms with Gasteiger partial charge in [0.05, 0.1) is 18.8 Å². The molecule has 2 heterocycles. The summed E-state index contributed by atoms with van der Waals surface area (Å²) in [5.41, 5.74) is 1.12. The van der Waals surface area contributed by atoms with Crippen molar-refractivity contribution in [2.45, 2.75) is 32.4 Å². The third-order valence-electron chi connectivity index (χ3n) is 2.44. The Labute approximate surface area is 82.7 Å². The molecule has 1 aromatic rings. The van der Waals surface area contributed by atoms with Crippen molar-refractivity contribution < 1.29 is 4.74 Å². The smallest absolute Gasteiger partial charge is 0.177 e. The highest BCUT2D eigenvalue weighted by atomic mass is 32.1. The molecule has 1 aliphatic rings. The van der Waals surface area contributed by atoms with E-state index in [1.165, 1.54) is 0 Å². The number of rotatable bonds is 1. The first kappa shape index (κ1) is 8.97. The molecule has 2 rings (SSSR count). The molecule has 72 valence electrons. The number of nitrogens with one attached hydrogen (secondary N) is 1. The quantitative estimate of drug-likeness (QED) is 0.701. The number of nitrogens with zero attached hydrogens (tertiary/aromatic N) is 1. The average Bonchev–Trinajstić information content (AvgIpc) is 2.58. The summed E-state index contributed by atoms with van der Waals surface area (Å²) in [7, 11) is 0. The molecule has 13 heavy (non-hydrogen) atoms. The largest absolute Gasteiger partial charge is 0.376 e. The molecule has 4 heteroatoms. The summed E-state index contributed by atoms with van der Waals surface area (Å²) in [6.45, 7) is 4.90. The van der Waals surface area contributed by atoms with E-state index in [0.717, 1.165) is 23.5 Å². The van der Waals surface area contributed by atoms with Gasteiger partial charge < -0.3 is 14.3 Å². The van der Waals surface area contributed by atoms with E-state index < -0.39 is 0 Å². The second kappa shape index (κ2) is 3.27. The van der Waals surface area contributed by atoms with E-state index in [4.69, 9.17) is 17.0 Å². The summed E-state index contributed by atoms with van der Waals surface area (Å²) in [5, 5.41) is 0. The minimum atomic E-state index is 0.363. The van der Waals surface area contributed by atoms with E-state index in [-0.39, 0.29) is 0 Å². The molecule has 1 fully saturated rings. The van der Waals surface area contributed by atoms with E-state index in [1.807, 2.05) is 6.92 Å². The molecule has 1 aromatic heterocycles. The van der Waals surface area contributed by atoms with Crippen molar-refractivity contribution in [3.63, 3.8) is 0 Å². The van der Waals surface area contributed by atoms with Crippen LogP contribution < -0.4 is 0 Å². The van der Waals surface area contributed by atoms with Gasteiger partial charge in [0.25, 0.3) is 0 Å². The molecule has 1 saturated heterocycles. The lowest BCUT2D eigenvalue weighted by molar-refractivity contribution is 0.120. The maximum Gasteiger partial charge on any atom is 0.177 e. The number of aromatic nitrogens is 2.